The van der Waals surface area contributed by atoms with Crippen LogP contribution in [-0.2, 0) is 9.47 Å². The van der Waals surface area contributed by atoms with Crippen LogP contribution < -0.4 is 0 Å². The summed E-state index contributed by atoms with van der Waals surface area (Å²) in [4.78, 5) is 4.45. The molecule has 122 valence electrons. The van der Waals surface area contributed by atoms with Crippen molar-refractivity contribution in [2.24, 2.45) is 0 Å². The molecule has 0 aromatic heterocycles. The Kier molecular flexibility index (Phi) is 8.81. The fourth-order valence-electron chi connectivity index (χ4n) is 2.60. The Morgan fingerprint density at radius 1 is 1.24 bits per heavy atom. The first-order chi connectivity index (χ1) is 10.1. The predicted molar refractivity (Wildman–Crippen MR) is 81.0 cm³/mol. The summed E-state index contributed by atoms with van der Waals surface area (Å²) in [6.07, 6.45) is 0.390. The SMILES string of the molecule is CCC(C#N)N1CCN(CC(O)COC(C)COC)CC1. The zero-order valence-electron chi connectivity index (χ0n) is 13.5. The normalized spacial score (nSPS) is 21.7. The lowest BCUT2D eigenvalue weighted by Gasteiger charge is -2.37. The van der Waals surface area contributed by atoms with Gasteiger partial charge < -0.3 is 14.6 Å². The van der Waals surface area contributed by atoms with Crippen molar-refractivity contribution in [2.75, 3.05) is 53.0 Å². The number of methoxy groups -OCH3 is 1. The number of β-amino-alcohol motifs (C(OH)–C–C–N with tert-alkyl or cyclic N) is 1. The largest absolute Gasteiger partial charge is 0.389 e. The number of hydrogen-bond donors (Lipinski definition) is 1. The van der Waals surface area contributed by atoms with Crippen molar-refractivity contribution in [1.82, 2.24) is 9.80 Å². The molecule has 0 saturated carbocycles. The van der Waals surface area contributed by atoms with Gasteiger partial charge in [0.15, 0.2) is 0 Å². The van der Waals surface area contributed by atoms with Crippen LogP contribution in [0.4, 0.5) is 0 Å². The first kappa shape index (κ1) is 18.3. The maximum absolute atomic E-state index is 10.0. The Bertz CT molecular complexity index is 314. The standard InChI is InChI=1S/C15H29N3O3/c1-4-14(9-16)18-7-5-17(6-8-18)10-15(19)12-21-13(2)11-20-3/h13-15,19H,4-8,10-12H2,1-3H3. The van der Waals surface area contributed by atoms with Gasteiger partial charge in [-0.3, -0.25) is 9.80 Å². The highest BCUT2D eigenvalue weighted by atomic mass is 16.5. The second-order valence-corrected chi connectivity index (χ2v) is 5.64. The van der Waals surface area contributed by atoms with E-state index in [1.165, 1.54) is 0 Å². The Hall–Kier alpha value is -0.710. The van der Waals surface area contributed by atoms with E-state index in [0.717, 1.165) is 32.6 Å². The smallest absolute Gasteiger partial charge is 0.0976 e. The van der Waals surface area contributed by atoms with Gasteiger partial charge in [-0.1, -0.05) is 6.92 Å². The van der Waals surface area contributed by atoms with Gasteiger partial charge in [0, 0.05) is 39.8 Å². The number of ether oxygens (including phenoxy) is 2. The number of aliphatic hydroxyl groups excluding tert-OH is 1. The molecular weight excluding hydrogens is 270 g/mol. The van der Waals surface area contributed by atoms with Crippen molar-refractivity contribution < 1.29 is 14.6 Å². The van der Waals surface area contributed by atoms with Gasteiger partial charge >= 0.3 is 0 Å². The van der Waals surface area contributed by atoms with E-state index < -0.39 is 6.10 Å². The highest BCUT2D eigenvalue weighted by Gasteiger charge is 2.23. The van der Waals surface area contributed by atoms with E-state index in [1.54, 1.807) is 7.11 Å². The van der Waals surface area contributed by atoms with Crippen molar-refractivity contribution in [1.29, 1.82) is 5.26 Å². The fourth-order valence-corrected chi connectivity index (χ4v) is 2.60. The third-order valence-electron chi connectivity index (χ3n) is 3.83. The lowest BCUT2D eigenvalue weighted by Crippen LogP contribution is -2.51. The highest BCUT2D eigenvalue weighted by molar-refractivity contribution is 4.92. The monoisotopic (exact) mass is 299 g/mol. The molecule has 0 bridgehead atoms. The van der Waals surface area contributed by atoms with Crippen molar-refractivity contribution in [3.8, 4) is 6.07 Å². The average molecular weight is 299 g/mol. The fraction of sp³-hybridized carbons (Fsp3) is 0.933. The molecule has 1 aliphatic rings. The second-order valence-electron chi connectivity index (χ2n) is 5.64. The first-order valence-corrected chi connectivity index (χ1v) is 7.75. The van der Waals surface area contributed by atoms with Gasteiger partial charge in [0.05, 0.1) is 37.5 Å². The van der Waals surface area contributed by atoms with Gasteiger partial charge in [0.2, 0.25) is 0 Å². The van der Waals surface area contributed by atoms with Gasteiger partial charge in [-0.05, 0) is 13.3 Å². The minimum atomic E-state index is -0.478. The van der Waals surface area contributed by atoms with Gasteiger partial charge in [0.25, 0.3) is 0 Å². The third-order valence-corrected chi connectivity index (χ3v) is 3.83. The summed E-state index contributed by atoms with van der Waals surface area (Å²) < 4.78 is 10.5. The molecule has 0 amide bonds. The summed E-state index contributed by atoms with van der Waals surface area (Å²) in [7, 11) is 1.64. The Morgan fingerprint density at radius 3 is 2.43 bits per heavy atom. The van der Waals surface area contributed by atoms with E-state index in [-0.39, 0.29) is 12.1 Å². The summed E-state index contributed by atoms with van der Waals surface area (Å²) in [5.41, 5.74) is 0. The summed E-state index contributed by atoms with van der Waals surface area (Å²) in [5, 5.41) is 19.1. The van der Waals surface area contributed by atoms with Crippen LogP contribution in [-0.4, -0.2) is 86.2 Å². The maximum atomic E-state index is 10.0. The summed E-state index contributed by atoms with van der Waals surface area (Å²) in [6, 6.07) is 2.37. The van der Waals surface area contributed by atoms with Crippen molar-refractivity contribution >= 4 is 0 Å². The molecular formula is C15H29N3O3. The lowest BCUT2D eigenvalue weighted by atomic mass is 10.1. The molecule has 1 rings (SSSR count). The molecule has 0 spiro atoms. The zero-order chi connectivity index (χ0) is 15.7. The van der Waals surface area contributed by atoms with Gasteiger partial charge in [-0.2, -0.15) is 5.26 Å². The molecule has 1 aliphatic heterocycles. The zero-order valence-corrected chi connectivity index (χ0v) is 13.5. The Balaban J connectivity index is 2.21. The van der Waals surface area contributed by atoms with Gasteiger partial charge in [0.1, 0.15) is 0 Å². The average Bonchev–Trinajstić information content (AvgIpc) is 2.48. The van der Waals surface area contributed by atoms with Gasteiger partial charge in [-0.15, -0.1) is 0 Å². The van der Waals surface area contributed by atoms with E-state index in [0.29, 0.717) is 19.8 Å². The third kappa shape index (κ3) is 6.72. The summed E-state index contributed by atoms with van der Waals surface area (Å²) >= 11 is 0. The molecule has 1 saturated heterocycles. The van der Waals surface area contributed by atoms with Crippen LogP contribution in [0.25, 0.3) is 0 Å². The molecule has 21 heavy (non-hydrogen) atoms. The number of aliphatic hydroxyl groups is 1. The van der Waals surface area contributed by atoms with Crippen LogP contribution in [0.1, 0.15) is 20.3 Å². The minimum Gasteiger partial charge on any atom is -0.389 e. The molecule has 0 aromatic rings. The van der Waals surface area contributed by atoms with Crippen LogP contribution in [0.5, 0.6) is 0 Å². The maximum Gasteiger partial charge on any atom is 0.0976 e. The molecule has 3 atom stereocenters. The molecule has 0 aromatic carbocycles. The summed E-state index contributed by atoms with van der Waals surface area (Å²) in [6.45, 7) is 9.03. The quantitative estimate of drug-likeness (QED) is 0.661. The number of hydrogen-bond acceptors (Lipinski definition) is 6. The van der Waals surface area contributed by atoms with E-state index in [4.69, 9.17) is 14.7 Å². The van der Waals surface area contributed by atoms with Crippen LogP contribution in [0, 0.1) is 11.3 Å². The van der Waals surface area contributed by atoms with Crippen LogP contribution in [0.2, 0.25) is 0 Å². The predicted octanol–water partition coefficient (Wildman–Crippen LogP) is 0.319. The molecule has 3 unspecified atom stereocenters. The molecule has 0 aliphatic carbocycles. The van der Waals surface area contributed by atoms with Crippen LogP contribution in [0.3, 0.4) is 0 Å². The van der Waals surface area contributed by atoms with E-state index in [2.05, 4.69) is 15.9 Å². The Labute approximate surface area is 128 Å². The van der Waals surface area contributed by atoms with E-state index in [1.807, 2.05) is 13.8 Å². The molecule has 6 heteroatoms. The lowest BCUT2D eigenvalue weighted by molar-refractivity contribution is -0.0431. The van der Waals surface area contributed by atoms with Crippen LogP contribution in [0.15, 0.2) is 0 Å². The van der Waals surface area contributed by atoms with Crippen molar-refractivity contribution in [3.63, 3.8) is 0 Å². The number of nitrogens with zero attached hydrogens (tertiary/aromatic N) is 3. The Morgan fingerprint density at radius 2 is 1.90 bits per heavy atom. The van der Waals surface area contributed by atoms with E-state index in [9.17, 15) is 5.11 Å². The van der Waals surface area contributed by atoms with Crippen LogP contribution >= 0.6 is 0 Å². The molecule has 1 fully saturated rings. The van der Waals surface area contributed by atoms with Gasteiger partial charge in [-0.25, -0.2) is 0 Å². The number of rotatable bonds is 9. The summed E-state index contributed by atoms with van der Waals surface area (Å²) in [5.74, 6) is 0. The molecule has 0 radical (unpaired) electrons. The molecule has 6 nitrogen and oxygen atoms in total. The first-order valence-electron chi connectivity index (χ1n) is 7.75. The van der Waals surface area contributed by atoms with Crippen molar-refractivity contribution in [3.05, 3.63) is 0 Å². The number of nitriles is 1. The highest BCUT2D eigenvalue weighted by Crippen LogP contribution is 2.09. The molecule has 1 N–H and O–H groups in total. The number of piperazine rings is 1. The van der Waals surface area contributed by atoms with Crippen molar-refractivity contribution in [2.45, 2.75) is 38.5 Å². The molecule has 1 heterocycles. The second kappa shape index (κ2) is 10.1. The van der Waals surface area contributed by atoms with E-state index >= 15 is 0 Å². The topological polar surface area (TPSA) is 69.0 Å². The minimum absolute atomic E-state index is 0.00226.